The largest absolute Gasteiger partial charge is 0.147 e. The lowest BCUT2D eigenvalue weighted by atomic mass is 9.84. The van der Waals surface area contributed by atoms with E-state index in [-0.39, 0.29) is 12.4 Å². The number of hydrogen-bond acceptors (Lipinski definition) is 0. The van der Waals surface area contributed by atoms with Crippen molar-refractivity contribution in [1.82, 2.24) is 0 Å². The highest BCUT2D eigenvalue weighted by Gasteiger charge is 2.17. The molecule has 0 heterocycles. The molecule has 2 heteroatoms. The van der Waals surface area contributed by atoms with Gasteiger partial charge in [0.2, 0.25) is 0 Å². The fourth-order valence-corrected chi connectivity index (χ4v) is 4.73. The summed E-state index contributed by atoms with van der Waals surface area (Å²) < 4.78 is 0. The van der Waals surface area contributed by atoms with Crippen LogP contribution in [0.2, 0.25) is 5.02 Å². The number of allylic oxidation sites excluding steroid dienone is 1. The molecule has 0 unspecified atom stereocenters. The standard InChI is InChI=1S/C22H31Cl.ClH/c23-22-17-19(12-8-11-18-9-4-1-2-5-10-18)15-16-21(22)20-13-6-3-7-14-20;/h8,12,15-18,20H,1-7,9-11,13-14H2;1H/b12-8-;. The van der Waals surface area contributed by atoms with Gasteiger partial charge < -0.3 is 0 Å². The van der Waals surface area contributed by atoms with Crippen molar-refractivity contribution in [3.05, 3.63) is 40.4 Å². The Morgan fingerprint density at radius 1 is 0.875 bits per heavy atom. The maximum Gasteiger partial charge on any atom is 0.0446 e. The molecule has 2 fully saturated rings. The summed E-state index contributed by atoms with van der Waals surface area (Å²) in [6.45, 7) is 0. The van der Waals surface area contributed by atoms with E-state index in [1.165, 1.54) is 88.2 Å². The summed E-state index contributed by atoms with van der Waals surface area (Å²) in [6.07, 6.45) is 21.2. The first-order valence-corrected chi connectivity index (χ1v) is 10.2. The number of halogens is 2. The van der Waals surface area contributed by atoms with Crippen molar-refractivity contribution in [2.45, 2.75) is 83.0 Å². The molecular weight excluding hydrogens is 335 g/mol. The molecule has 0 radical (unpaired) electrons. The van der Waals surface area contributed by atoms with Gasteiger partial charge in [-0.3, -0.25) is 0 Å². The highest BCUT2D eigenvalue weighted by atomic mass is 35.5. The predicted octanol–water partition coefficient (Wildman–Crippen LogP) is 8.18. The van der Waals surface area contributed by atoms with Crippen molar-refractivity contribution in [3.8, 4) is 0 Å². The van der Waals surface area contributed by atoms with Crippen LogP contribution in [0, 0.1) is 5.92 Å². The van der Waals surface area contributed by atoms with Gasteiger partial charge in [0.25, 0.3) is 0 Å². The zero-order valence-electron chi connectivity index (χ0n) is 14.8. The average Bonchev–Trinajstić information content (AvgIpc) is 2.85. The Hall–Kier alpha value is -0.460. The minimum atomic E-state index is 0. The van der Waals surface area contributed by atoms with E-state index >= 15 is 0 Å². The number of hydrogen-bond donors (Lipinski definition) is 0. The lowest BCUT2D eigenvalue weighted by Gasteiger charge is -2.23. The van der Waals surface area contributed by atoms with Gasteiger partial charge in [-0.25, -0.2) is 0 Å². The number of benzene rings is 1. The Bertz CT molecular complexity index is 507. The maximum absolute atomic E-state index is 6.58. The average molecular weight is 367 g/mol. The Labute approximate surface area is 159 Å². The van der Waals surface area contributed by atoms with Crippen LogP contribution < -0.4 is 0 Å². The molecule has 0 aromatic heterocycles. The summed E-state index contributed by atoms with van der Waals surface area (Å²) in [5, 5.41) is 0.980. The highest BCUT2D eigenvalue weighted by Crippen LogP contribution is 2.36. The summed E-state index contributed by atoms with van der Waals surface area (Å²) in [5.41, 5.74) is 2.65. The molecule has 0 saturated heterocycles. The van der Waals surface area contributed by atoms with Crippen molar-refractivity contribution in [2.24, 2.45) is 5.92 Å². The second-order valence-corrected chi connectivity index (χ2v) is 8.02. The molecule has 1 aromatic rings. The van der Waals surface area contributed by atoms with Crippen molar-refractivity contribution < 1.29 is 0 Å². The zero-order chi connectivity index (χ0) is 15.9. The van der Waals surface area contributed by atoms with Crippen LogP contribution in [0.25, 0.3) is 6.08 Å². The molecule has 134 valence electrons. The quantitative estimate of drug-likeness (QED) is 0.471. The topological polar surface area (TPSA) is 0 Å². The van der Waals surface area contributed by atoms with Gasteiger partial charge in [-0.2, -0.15) is 0 Å². The summed E-state index contributed by atoms with van der Waals surface area (Å²) in [7, 11) is 0. The third-order valence-electron chi connectivity index (χ3n) is 5.82. The highest BCUT2D eigenvalue weighted by molar-refractivity contribution is 6.31. The molecule has 0 bridgehead atoms. The molecule has 0 aliphatic heterocycles. The van der Waals surface area contributed by atoms with Crippen LogP contribution in [0.4, 0.5) is 0 Å². The van der Waals surface area contributed by atoms with E-state index in [2.05, 4.69) is 30.4 Å². The van der Waals surface area contributed by atoms with Crippen LogP contribution >= 0.6 is 24.0 Å². The maximum atomic E-state index is 6.58. The molecule has 0 atom stereocenters. The molecule has 0 spiro atoms. The fraction of sp³-hybridized carbons (Fsp3) is 0.636. The first kappa shape index (κ1) is 19.9. The minimum Gasteiger partial charge on any atom is -0.147 e. The Balaban J connectivity index is 0.00000208. The SMILES string of the molecule is Cl.Clc1cc(/C=C\CC2CCCCCC2)ccc1C1CCCCC1. The van der Waals surface area contributed by atoms with Gasteiger partial charge in [0.1, 0.15) is 0 Å². The molecule has 2 aliphatic carbocycles. The van der Waals surface area contributed by atoms with E-state index in [4.69, 9.17) is 11.6 Å². The van der Waals surface area contributed by atoms with E-state index in [9.17, 15) is 0 Å². The molecule has 0 N–H and O–H groups in total. The van der Waals surface area contributed by atoms with Crippen LogP contribution in [0.3, 0.4) is 0 Å². The molecular formula is C22H32Cl2. The third-order valence-corrected chi connectivity index (χ3v) is 6.15. The van der Waals surface area contributed by atoms with Crippen LogP contribution in [-0.4, -0.2) is 0 Å². The lowest BCUT2D eigenvalue weighted by Crippen LogP contribution is -2.05. The minimum absolute atomic E-state index is 0. The lowest BCUT2D eigenvalue weighted by molar-refractivity contribution is 0.444. The second kappa shape index (κ2) is 10.5. The van der Waals surface area contributed by atoms with Crippen LogP contribution in [-0.2, 0) is 0 Å². The van der Waals surface area contributed by atoms with Gasteiger partial charge in [-0.15, -0.1) is 12.4 Å². The number of rotatable bonds is 4. The van der Waals surface area contributed by atoms with E-state index in [0.717, 1.165) is 10.9 Å². The molecule has 0 amide bonds. The molecule has 1 aromatic carbocycles. The van der Waals surface area contributed by atoms with Crippen LogP contribution in [0.15, 0.2) is 24.3 Å². The molecule has 24 heavy (non-hydrogen) atoms. The summed E-state index contributed by atoms with van der Waals surface area (Å²) in [6, 6.07) is 6.72. The summed E-state index contributed by atoms with van der Waals surface area (Å²) in [5.74, 6) is 1.60. The fourth-order valence-electron chi connectivity index (χ4n) is 4.39. The Kier molecular flexibility index (Phi) is 8.70. The van der Waals surface area contributed by atoms with Gasteiger partial charge in [-0.1, -0.05) is 93.7 Å². The molecule has 0 nitrogen and oxygen atoms in total. The van der Waals surface area contributed by atoms with E-state index in [1.54, 1.807) is 0 Å². The van der Waals surface area contributed by atoms with Crippen LogP contribution in [0.5, 0.6) is 0 Å². The van der Waals surface area contributed by atoms with Gasteiger partial charge in [0, 0.05) is 5.02 Å². The van der Waals surface area contributed by atoms with Gasteiger partial charge >= 0.3 is 0 Å². The van der Waals surface area contributed by atoms with Gasteiger partial charge in [0.05, 0.1) is 0 Å². The predicted molar refractivity (Wildman–Crippen MR) is 109 cm³/mol. The van der Waals surface area contributed by atoms with Crippen molar-refractivity contribution in [2.75, 3.05) is 0 Å². The van der Waals surface area contributed by atoms with Gasteiger partial charge in [-0.05, 0) is 48.3 Å². The van der Waals surface area contributed by atoms with Crippen molar-refractivity contribution in [3.63, 3.8) is 0 Å². The Morgan fingerprint density at radius 2 is 1.50 bits per heavy atom. The Morgan fingerprint density at radius 3 is 2.17 bits per heavy atom. The van der Waals surface area contributed by atoms with Crippen molar-refractivity contribution >= 4 is 30.1 Å². The van der Waals surface area contributed by atoms with E-state index in [0.29, 0.717) is 5.92 Å². The molecule has 2 saturated carbocycles. The van der Waals surface area contributed by atoms with E-state index in [1.807, 2.05) is 0 Å². The van der Waals surface area contributed by atoms with E-state index < -0.39 is 0 Å². The van der Waals surface area contributed by atoms with Crippen molar-refractivity contribution in [1.29, 1.82) is 0 Å². The third kappa shape index (κ3) is 5.81. The summed E-state index contributed by atoms with van der Waals surface area (Å²) in [4.78, 5) is 0. The summed E-state index contributed by atoms with van der Waals surface area (Å²) >= 11 is 6.58. The van der Waals surface area contributed by atoms with Gasteiger partial charge in [0.15, 0.2) is 0 Å². The van der Waals surface area contributed by atoms with Crippen LogP contribution in [0.1, 0.15) is 94.1 Å². The molecule has 3 rings (SSSR count). The first-order valence-electron chi connectivity index (χ1n) is 9.79. The monoisotopic (exact) mass is 366 g/mol. The zero-order valence-corrected chi connectivity index (χ0v) is 16.4. The first-order chi connectivity index (χ1) is 11.3. The second-order valence-electron chi connectivity index (χ2n) is 7.61. The smallest absolute Gasteiger partial charge is 0.0446 e. The molecule has 2 aliphatic rings. The normalized spacial score (nSPS) is 20.7.